The van der Waals surface area contributed by atoms with E-state index in [4.69, 9.17) is 0 Å². The topological polar surface area (TPSA) is 43.1 Å². The number of fused-ring (bicyclic) bond motifs is 1. The first-order valence-electron chi connectivity index (χ1n) is 7.84. The molecular formula is C18H22N4O. The maximum Gasteiger partial charge on any atom is 0.272 e. The van der Waals surface area contributed by atoms with Crippen molar-refractivity contribution in [2.24, 2.45) is 7.05 Å². The molecule has 2 aromatic heterocycles. The lowest BCUT2D eigenvalue weighted by Gasteiger charge is -2.18. The average molecular weight is 310 g/mol. The standard InChI is InChI=1S/C18H22N4O/c1-5-22-17(10-13(2)19-22)18(23)20(3)12-15-11-14-8-6-7-9-16(14)21(15)4/h6-11H,5,12H2,1-4H3. The van der Waals surface area contributed by atoms with Gasteiger partial charge < -0.3 is 9.47 Å². The van der Waals surface area contributed by atoms with Crippen LogP contribution in [0.25, 0.3) is 10.9 Å². The van der Waals surface area contributed by atoms with Gasteiger partial charge in [-0.25, -0.2) is 0 Å². The zero-order valence-electron chi connectivity index (χ0n) is 14.1. The number of benzene rings is 1. The smallest absolute Gasteiger partial charge is 0.272 e. The van der Waals surface area contributed by atoms with Crippen molar-refractivity contribution in [3.8, 4) is 0 Å². The minimum Gasteiger partial charge on any atom is -0.346 e. The molecule has 3 aromatic rings. The highest BCUT2D eigenvalue weighted by atomic mass is 16.2. The average Bonchev–Trinajstić information content (AvgIpc) is 3.07. The molecule has 0 N–H and O–H groups in total. The van der Waals surface area contributed by atoms with Gasteiger partial charge in [0.2, 0.25) is 0 Å². The molecule has 0 saturated carbocycles. The van der Waals surface area contributed by atoms with Gasteiger partial charge in [0.05, 0.1) is 12.2 Å². The highest BCUT2D eigenvalue weighted by Gasteiger charge is 2.18. The minimum atomic E-state index is -0.00212. The van der Waals surface area contributed by atoms with Crippen molar-refractivity contribution < 1.29 is 4.79 Å². The Balaban J connectivity index is 1.86. The fraction of sp³-hybridized carbons (Fsp3) is 0.333. The van der Waals surface area contributed by atoms with Crippen molar-refractivity contribution in [2.75, 3.05) is 7.05 Å². The third kappa shape index (κ3) is 2.74. The summed E-state index contributed by atoms with van der Waals surface area (Å²) in [6.45, 7) is 5.16. The zero-order chi connectivity index (χ0) is 16.6. The summed E-state index contributed by atoms with van der Waals surface area (Å²) in [4.78, 5) is 14.5. The van der Waals surface area contributed by atoms with E-state index in [1.54, 1.807) is 9.58 Å². The van der Waals surface area contributed by atoms with Crippen LogP contribution in [0.4, 0.5) is 0 Å². The molecule has 0 unspecified atom stereocenters. The molecule has 0 spiro atoms. The first-order valence-corrected chi connectivity index (χ1v) is 7.84. The molecule has 5 heteroatoms. The van der Waals surface area contributed by atoms with Gasteiger partial charge in [0, 0.05) is 31.9 Å². The molecule has 0 aliphatic carbocycles. The van der Waals surface area contributed by atoms with Crippen molar-refractivity contribution in [2.45, 2.75) is 26.9 Å². The minimum absolute atomic E-state index is 0.00212. The van der Waals surface area contributed by atoms with E-state index >= 15 is 0 Å². The predicted octanol–water partition coefficient (Wildman–Crippen LogP) is 2.98. The lowest BCUT2D eigenvalue weighted by Crippen LogP contribution is -2.29. The molecule has 1 aromatic carbocycles. The lowest BCUT2D eigenvalue weighted by molar-refractivity contribution is 0.0770. The molecule has 23 heavy (non-hydrogen) atoms. The molecule has 2 heterocycles. The molecule has 1 amide bonds. The number of aryl methyl sites for hydroxylation is 3. The van der Waals surface area contributed by atoms with E-state index in [2.05, 4.69) is 27.9 Å². The Morgan fingerprint density at radius 3 is 2.70 bits per heavy atom. The summed E-state index contributed by atoms with van der Waals surface area (Å²) < 4.78 is 3.90. The quantitative estimate of drug-likeness (QED) is 0.743. The number of rotatable bonds is 4. The molecule has 0 fully saturated rings. The van der Waals surface area contributed by atoms with E-state index < -0.39 is 0 Å². The van der Waals surface area contributed by atoms with Crippen LogP contribution in [0.3, 0.4) is 0 Å². The first-order chi connectivity index (χ1) is 11.0. The van der Waals surface area contributed by atoms with Crippen molar-refractivity contribution in [3.63, 3.8) is 0 Å². The summed E-state index contributed by atoms with van der Waals surface area (Å²) in [6, 6.07) is 12.2. The Kier molecular flexibility index (Phi) is 3.94. The van der Waals surface area contributed by atoms with Crippen LogP contribution in [-0.2, 0) is 20.1 Å². The Hall–Kier alpha value is -2.56. The molecule has 0 radical (unpaired) electrons. The van der Waals surface area contributed by atoms with Gasteiger partial charge in [-0.2, -0.15) is 5.10 Å². The second kappa shape index (κ2) is 5.91. The van der Waals surface area contributed by atoms with E-state index in [0.717, 1.165) is 11.4 Å². The lowest BCUT2D eigenvalue weighted by atomic mass is 10.2. The van der Waals surface area contributed by atoms with Crippen molar-refractivity contribution >= 4 is 16.8 Å². The van der Waals surface area contributed by atoms with Crippen LogP contribution >= 0.6 is 0 Å². The van der Waals surface area contributed by atoms with Crippen molar-refractivity contribution in [1.82, 2.24) is 19.2 Å². The number of para-hydroxylation sites is 1. The third-order valence-corrected chi connectivity index (χ3v) is 4.22. The Bertz CT molecular complexity index is 859. The highest BCUT2D eigenvalue weighted by molar-refractivity contribution is 5.92. The molecule has 0 saturated heterocycles. The summed E-state index contributed by atoms with van der Waals surface area (Å²) >= 11 is 0. The highest BCUT2D eigenvalue weighted by Crippen LogP contribution is 2.20. The van der Waals surface area contributed by atoms with E-state index in [-0.39, 0.29) is 5.91 Å². The van der Waals surface area contributed by atoms with Gasteiger partial charge in [-0.1, -0.05) is 18.2 Å². The Morgan fingerprint density at radius 2 is 2.00 bits per heavy atom. The van der Waals surface area contributed by atoms with Gasteiger partial charge in [-0.05, 0) is 37.4 Å². The van der Waals surface area contributed by atoms with Crippen molar-refractivity contribution in [1.29, 1.82) is 0 Å². The Labute approximate surface area is 136 Å². The van der Waals surface area contributed by atoms with E-state index in [1.165, 1.54) is 10.9 Å². The summed E-state index contributed by atoms with van der Waals surface area (Å²) in [6.07, 6.45) is 0. The van der Waals surface area contributed by atoms with Crippen LogP contribution in [0.2, 0.25) is 0 Å². The first kappa shape index (κ1) is 15.3. The molecule has 3 rings (SSSR count). The number of hydrogen-bond acceptors (Lipinski definition) is 2. The largest absolute Gasteiger partial charge is 0.346 e. The second-order valence-corrected chi connectivity index (χ2v) is 5.90. The fourth-order valence-corrected chi connectivity index (χ4v) is 2.97. The monoisotopic (exact) mass is 310 g/mol. The molecule has 5 nitrogen and oxygen atoms in total. The normalized spacial score (nSPS) is 11.1. The number of aromatic nitrogens is 3. The molecule has 120 valence electrons. The molecular weight excluding hydrogens is 288 g/mol. The molecule has 0 aliphatic heterocycles. The maximum absolute atomic E-state index is 12.7. The molecule has 0 aliphatic rings. The van der Waals surface area contributed by atoms with Gasteiger partial charge >= 0.3 is 0 Å². The van der Waals surface area contributed by atoms with Crippen molar-refractivity contribution in [3.05, 3.63) is 53.5 Å². The third-order valence-electron chi connectivity index (χ3n) is 4.22. The summed E-state index contributed by atoms with van der Waals surface area (Å²) in [5, 5.41) is 5.55. The van der Waals surface area contributed by atoms with E-state index in [9.17, 15) is 4.79 Å². The van der Waals surface area contributed by atoms with Gasteiger partial charge in [-0.3, -0.25) is 9.48 Å². The Morgan fingerprint density at radius 1 is 1.26 bits per heavy atom. The number of nitrogens with zero attached hydrogens (tertiary/aromatic N) is 4. The molecule has 0 atom stereocenters. The zero-order valence-corrected chi connectivity index (χ0v) is 14.1. The van der Waals surface area contributed by atoms with E-state index in [1.807, 2.05) is 46.1 Å². The van der Waals surface area contributed by atoms with Gasteiger partial charge in [0.25, 0.3) is 5.91 Å². The van der Waals surface area contributed by atoms with E-state index in [0.29, 0.717) is 18.8 Å². The van der Waals surface area contributed by atoms with Crippen LogP contribution in [0, 0.1) is 6.92 Å². The maximum atomic E-state index is 12.7. The molecule has 0 bridgehead atoms. The number of hydrogen-bond donors (Lipinski definition) is 0. The van der Waals surface area contributed by atoms with Crippen LogP contribution < -0.4 is 0 Å². The number of carbonyl (C=O) groups is 1. The van der Waals surface area contributed by atoms with Crippen LogP contribution in [0.1, 0.15) is 28.8 Å². The SMILES string of the molecule is CCn1nc(C)cc1C(=O)N(C)Cc1cc2ccccc2n1C. The fourth-order valence-electron chi connectivity index (χ4n) is 2.97. The number of carbonyl (C=O) groups excluding carboxylic acids is 1. The number of amides is 1. The summed E-state index contributed by atoms with van der Waals surface area (Å²) in [7, 11) is 3.87. The predicted molar refractivity (Wildman–Crippen MR) is 91.4 cm³/mol. The van der Waals surface area contributed by atoms with Crippen LogP contribution in [-0.4, -0.2) is 32.2 Å². The summed E-state index contributed by atoms with van der Waals surface area (Å²) in [5.41, 5.74) is 3.80. The van der Waals surface area contributed by atoms with Gasteiger partial charge in [0.15, 0.2) is 0 Å². The van der Waals surface area contributed by atoms with Crippen LogP contribution in [0.15, 0.2) is 36.4 Å². The second-order valence-electron chi connectivity index (χ2n) is 5.90. The van der Waals surface area contributed by atoms with Crippen LogP contribution in [0.5, 0.6) is 0 Å². The van der Waals surface area contributed by atoms with Gasteiger partial charge in [-0.15, -0.1) is 0 Å². The summed E-state index contributed by atoms with van der Waals surface area (Å²) in [5.74, 6) is -0.00212. The van der Waals surface area contributed by atoms with Gasteiger partial charge in [0.1, 0.15) is 5.69 Å².